The summed E-state index contributed by atoms with van der Waals surface area (Å²) in [5.41, 5.74) is 4.06. The third-order valence-electron chi connectivity index (χ3n) is 5.01. The van der Waals surface area contributed by atoms with Gasteiger partial charge in [0.2, 0.25) is 0 Å². The van der Waals surface area contributed by atoms with Crippen LogP contribution in [0.25, 0.3) is 11.8 Å². The lowest BCUT2D eigenvalue weighted by atomic mass is 9.98. The Labute approximate surface area is 158 Å². The molecule has 0 spiro atoms. The second-order valence-corrected chi connectivity index (χ2v) is 6.87. The molecule has 1 atom stereocenters. The lowest BCUT2D eigenvalue weighted by Crippen LogP contribution is -2.50. The largest absolute Gasteiger partial charge is 0.495 e. The number of hydrogen-bond donors (Lipinski definition) is 1. The van der Waals surface area contributed by atoms with Crippen LogP contribution >= 0.6 is 0 Å². The Morgan fingerprint density at radius 2 is 2.30 bits per heavy atom. The molecule has 0 aliphatic carbocycles. The zero-order chi connectivity index (χ0) is 18.8. The van der Waals surface area contributed by atoms with Gasteiger partial charge in [0.15, 0.2) is 5.84 Å². The number of benzene rings is 1. The minimum absolute atomic E-state index is 0.0254. The minimum atomic E-state index is -0.0254. The molecule has 0 amide bonds. The molecule has 1 N–H and O–H groups in total. The zero-order valence-electron chi connectivity index (χ0n) is 15.6. The van der Waals surface area contributed by atoms with Gasteiger partial charge in [-0.15, -0.1) is 0 Å². The molecule has 7 heteroatoms. The number of amidine groups is 1. The molecule has 1 aromatic heterocycles. The number of ether oxygens (including phenoxy) is 1. The molecule has 27 heavy (non-hydrogen) atoms. The van der Waals surface area contributed by atoms with Gasteiger partial charge in [-0.25, -0.2) is 4.98 Å². The molecular formula is C20H24N4O3. The first-order valence-electron chi connectivity index (χ1n) is 9.17. The predicted molar refractivity (Wildman–Crippen MR) is 103 cm³/mol. The van der Waals surface area contributed by atoms with Crippen molar-refractivity contribution in [3.05, 3.63) is 47.6 Å². The van der Waals surface area contributed by atoms with E-state index >= 15 is 0 Å². The van der Waals surface area contributed by atoms with Crippen LogP contribution in [-0.2, 0) is 4.84 Å². The summed E-state index contributed by atoms with van der Waals surface area (Å²) in [6, 6.07) is 6.09. The molecule has 0 radical (unpaired) electrons. The van der Waals surface area contributed by atoms with Crippen LogP contribution in [0.5, 0.6) is 5.75 Å². The van der Waals surface area contributed by atoms with E-state index in [-0.39, 0.29) is 12.6 Å². The van der Waals surface area contributed by atoms with E-state index in [9.17, 15) is 5.11 Å². The summed E-state index contributed by atoms with van der Waals surface area (Å²) < 4.78 is 7.56. The number of aryl methyl sites for hydroxylation is 1. The molecule has 1 fully saturated rings. The number of rotatable bonds is 4. The molecule has 0 bridgehead atoms. The molecule has 4 rings (SSSR count). The van der Waals surface area contributed by atoms with Crippen molar-refractivity contribution in [3.63, 3.8) is 0 Å². The van der Waals surface area contributed by atoms with Crippen LogP contribution in [0, 0.1) is 6.92 Å². The van der Waals surface area contributed by atoms with E-state index in [1.165, 1.54) is 0 Å². The van der Waals surface area contributed by atoms with Crippen LogP contribution in [0.15, 0.2) is 41.5 Å². The third kappa shape index (κ3) is 3.42. The molecule has 142 valence electrons. The van der Waals surface area contributed by atoms with Gasteiger partial charge in [-0.1, -0.05) is 11.2 Å². The summed E-state index contributed by atoms with van der Waals surface area (Å²) in [7, 11) is 1.67. The van der Waals surface area contributed by atoms with E-state index in [1.807, 2.05) is 29.8 Å². The van der Waals surface area contributed by atoms with E-state index in [0.29, 0.717) is 6.61 Å². The lowest BCUT2D eigenvalue weighted by molar-refractivity contribution is 0.0324. The maximum absolute atomic E-state index is 9.59. The van der Waals surface area contributed by atoms with Gasteiger partial charge in [0.1, 0.15) is 12.4 Å². The molecule has 0 unspecified atom stereocenters. The summed E-state index contributed by atoms with van der Waals surface area (Å²) in [6.07, 6.45) is 7.84. The Balaban J connectivity index is 1.66. The van der Waals surface area contributed by atoms with E-state index in [2.05, 4.69) is 27.2 Å². The highest BCUT2D eigenvalue weighted by Crippen LogP contribution is 2.29. The molecule has 2 aliphatic rings. The predicted octanol–water partition coefficient (Wildman–Crippen LogP) is 2.37. The van der Waals surface area contributed by atoms with Crippen molar-refractivity contribution in [1.82, 2.24) is 14.5 Å². The standard InChI is InChI=1S/C20H24N4O3/c1-14-10-23(13-21-14)18-6-5-15(9-19(18)26-2)8-16-4-3-7-24-17(11-25)12-27-22-20(16)24/h5-6,8-10,13,17,25H,3-4,7,11-12H2,1-2H3/t17-/m0/s1. The molecule has 1 aromatic carbocycles. The summed E-state index contributed by atoms with van der Waals surface area (Å²) in [4.78, 5) is 11.8. The Morgan fingerprint density at radius 1 is 1.41 bits per heavy atom. The third-order valence-corrected chi connectivity index (χ3v) is 5.01. The molecule has 7 nitrogen and oxygen atoms in total. The Bertz CT molecular complexity index is 887. The number of fused-ring (bicyclic) bond motifs is 1. The highest BCUT2D eigenvalue weighted by molar-refractivity contribution is 6.02. The van der Waals surface area contributed by atoms with Crippen LogP contribution in [0.1, 0.15) is 24.1 Å². The quantitative estimate of drug-likeness (QED) is 0.897. The first-order chi connectivity index (χ1) is 13.2. The SMILES string of the molecule is COc1cc(C=C2CCCN3C2=NOC[C@@H]3CO)ccc1-n1cnc(C)c1. The number of aliphatic hydroxyl groups is 1. The van der Waals surface area contributed by atoms with Crippen molar-refractivity contribution in [2.75, 3.05) is 26.9 Å². The van der Waals surface area contributed by atoms with Gasteiger partial charge in [0, 0.05) is 12.7 Å². The Morgan fingerprint density at radius 3 is 3.04 bits per heavy atom. The number of aromatic nitrogens is 2. The monoisotopic (exact) mass is 368 g/mol. The maximum atomic E-state index is 9.59. The van der Waals surface area contributed by atoms with E-state index < -0.39 is 0 Å². The van der Waals surface area contributed by atoms with Crippen molar-refractivity contribution in [2.45, 2.75) is 25.8 Å². The molecule has 2 aliphatic heterocycles. The number of aliphatic hydroxyl groups excluding tert-OH is 1. The lowest BCUT2D eigenvalue weighted by Gasteiger charge is -2.39. The number of methoxy groups -OCH3 is 1. The summed E-state index contributed by atoms with van der Waals surface area (Å²) >= 11 is 0. The van der Waals surface area contributed by atoms with Gasteiger partial charge in [-0.2, -0.15) is 0 Å². The first kappa shape index (κ1) is 17.6. The molecular weight excluding hydrogens is 344 g/mol. The summed E-state index contributed by atoms with van der Waals surface area (Å²) in [5, 5.41) is 13.9. The maximum Gasteiger partial charge on any atom is 0.171 e. The zero-order valence-corrected chi connectivity index (χ0v) is 15.6. The van der Waals surface area contributed by atoms with Gasteiger partial charge >= 0.3 is 0 Å². The van der Waals surface area contributed by atoms with E-state index in [0.717, 1.165) is 53.5 Å². The van der Waals surface area contributed by atoms with Crippen molar-refractivity contribution in [3.8, 4) is 11.4 Å². The molecule has 3 heterocycles. The van der Waals surface area contributed by atoms with Crippen LogP contribution in [-0.4, -0.2) is 58.3 Å². The van der Waals surface area contributed by atoms with Crippen molar-refractivity contribution in [1.29, 1.82) is 0 Å². The normalized spacial score (nSPS) is 20.9. The number of piperidine rings is 1. The number of oxime groups is 1. The van der Waals surface area contributed by atoms with Gasteiger partial charge in [0.05, 0.1) is 37.5 Å². The fraction of sp³-hybridized carbons (Fsp3) is 0.400. The van der Waals surface area contributed by atoms with Gasteiger partial charge in [0.25, 0.3) is 0 Å². The number of nitrogens with zero attached hydrogens (tertiary/aromatic N) is 4. The topological polar surface area (TPSA) is 72.1 Å². The van der Waals surface area contributed by atoms with Gasteiger partial charge in [-0.3, -0.25) is 0 Å². The molecule has 1 saturated heterocycles. The van der Waals surface area contributed by atoms with Crippen molar-refractivity contribution in [2.24, 2.45) is 5.16 Å². The second-order valence-electron chi connectivity index (χ2n) is 6.87. The van der Waals surface area contributed by atoms with Gasteiger partial charge in [-0.05, 0) is 49.1 Å². The van der Waals surface area contributed by atoms with E-state index in [4.69, 9.17) is 9.57 Å². The Kier molecular flexibility index (Phi) is 4.85. The first-order valence-corrected chi connectivity index (χ1v) is 9.17. The second kappa shape index (κ2) is 7.44. The van der Waals surface area contributed by atoms with Crippen LogP contribution in [0.3, 0.4) is 0 Å². The smallest absolute Gasteiger partial charge is 0.171 e. The summed E-state index contributed by atoms with van der Waals surface area (Å²) in [5.74, 6) is 1.62. The minimum Gasteiger partial charge on any atom is -0.495 e. The van der Waals surface area contributed by atoms with Crippen LogP contribution in [0.4, 0.5) is 0 Å². The van der Waals surface area contributed by atoms with Crippen molar-refractivity contribution >= 4 is 11.9 Å². The number of imidazole rings is 1. The van der Waals surface area contributed by atoms with Crippen LogP contribution in [0.2, 0.25) is 0 Å². The average molecular weight is 368 g/mol. The Hall–Kier alpha value is -2.80. The van der Waals surface area contributed by atoms with Gasteiger partial charge < -0.3 is 24.1 Å². The van der Waals surface area contributed by atoms with Crippen molar-refractivity contribution < 1.29 is 14.7 Å². The summed E-state index contributed by atoms with van der Waals surface area (Å²) in [6.45, 7) is 3.36. The molecule has 2 aromatic rings. The highest BCUT2D eigenvalue weighted by Gasteiger charge is 2.31. The average Bonchev–Trinajstić information content (AvgIpc) is 3.13. The highest BCUT2D eigenvalue weighted by atomic mass is 16.6. The fourth-order valence-electron chi connectivity index (χ4n) is 3.62. The fourth-order valence-corrected chi connectivity index (χ4v) is 3.62. The van der Waals surface area contributed by atoms with E-state index in [1.54, 1.807) is 13.4 Å². The number of hydrogen-bond acceptors (Lipinski definition) is 6. The molecule has 0 saturated carbocycles. The van der Waals surface area contributed by atoms with Crippen LogP contribution < -0.4 is 4.74 Å².